The third-order valence-corrected chi connectivity index (χ3v) is 4.03. The maximum atomic E-state index is 12.1. The maximum absolute atomic E-state index is 12.1. The van der Waals surface area contributed by atoms with Crippen molar-refractivity contribution < 1.29 is 19.1 Å². The first-order valence-corrected chi connectivity index (χ1v) is 8.46. The number of imide groups is 1. The van der Waals surface area contributed by atoms with Gasteiger partial charge in [0.25, 0.3) is 11.1 Å². The normalized spacial score (nSPS) is 16.6. The molecule has 0 aliphatic carbocycles. The molecule has 6 heteroatoms. The van der Waals surface area contributed by atoms with Crippen molar-refractivity contribution in [3.05, 3.63) is 28.7 Å². The zero-order valence-corrected chi connectivity index (χ0v) is 14.6. The molecule has 2 amide bonds. The van der Waals surface area contributed by atoms with Gasteiger partial charge >= 0.3 is 0 Å². The van der Waals surface area contributed by atoms with Crippen LogP contribution in [0.25, 0.3) is 6.08 Å². The molecule has 1 fully saturated rings. The van der Waals surface area contributed by atoms with Gasteiger partial charge in [-0.25, -0.2) is 0 Å². The summed E-state index contributed by atoms with van der Waals surface area (Å²) >= 11 is 0.962. The number of nitrogens with zero attached hydrogens (tertiary/aromatic N) is 1. The molecule has 1 aliphatic rings. The molecule has 5 nitrogen and oxygen atoms in total. The van der Waals surface area contributed by atoms with Crippen LogP contribution in [0.4, 0.5) is 4.79 Å². The van der Waals surface area contributed by atoms with Crippen LogP contribution in [0.1, 0.15) is 33.3 Å². The molecule has 0 bridgehead atoms. The molecule has 1 aliphatic heterocycles. The van der Waals surface area contributed by atoms with Gasteiger partial charge in [-0.3, -0.25) is 14.5 Å². The predicted octanol–water partition coefficient (Wildman–Crippen LogP) is 3.93. The molecular weight excluding hydrogens is 314 g/mol. The van der Waals surface area contributed by atoms with E-state index in [1.165, 1.54) is 4.90 Å². The topological polar surface area (TPSA) is 55.8 Å². The zero-order valence-electron chi connectivity index (χ0n) is 13.8. The van der Waals surface area contributed by atoms with E-state index in [2.05, 4.69) is 0 Å². The van der Waals surface area contributed by atoms with Gasteiger partial charge in [0.05, 0.1) is 17.6 Å². The number of carbonyl (C=O) groups excluding carboxylic acids is 2. The molecule has 1 aromatic carbocycles. The molecular formula is C17H21NO4S. The fourth-order valence-corrected chi connectivity index (χ4v) is 3.06. The number of thioether (sulfide) groups is 1. The molecule has 0 saturated carbocycles. The highest BCUT2D eigenvalue weighted by atomic mass is 32.2. The Morgan fingerprint density at radius 2 is 1.96 bits per heavy atom. The Kier molecular flexibility index (Phi) is 5.71. The SMILES string of the molecule is CCOc1cc(/C=C2/SC(=O)N(CC)C2=O)ccc1OC(C)C. The Morgan fingerprint density at radius 3 is 2.52 bits per heavy atom. The number of hydrogen-bond donors (Lipinski definition) is 0. The van der Waals surface area contributed by atoms with E-state index in [0.29, 0.717) is 29.6 Å². The summed E-state index contributed by atoms with van der Waals surface area (Å²) in [5.41, 5.74) is 0.797. The highest BCUT2D eigenvalue weighted by molar-refractivity contribution is 8.18. The van der Waals surface area contributed by atoms with Gasteiger partial charge in [0.1, 0.15) is 0 Å². The summed E-state index contributed by atoms with van der Waals surface area (Å²) in [7, 11) is 0. The van der Waals surface area contributed by atoms with Crippen LogP contribution in [-0.4, -0.2) is 35.3 Å². The van der Waals surface area contributed by atoms with E-state index >= 15 is 0 Å². The smallest absolute Gasteiger partial charge is 0.293 e. The van der Waals surface area contributed by atoms with Crippen molar-refractivity contribution >= 4 is 29.0 Å². The number of amides is 2. The van der Waals surface area contributed by atoms with Gasteiger partial charge in [-0.15, -0.1) is 0 Å². The molecule has 2 rings (SSSR count). The number of ether oxygens (including phenoxy) is 2. The van der Waals surface area contributed by atoms with E-state index in [4.69, 9.17) is 9.47 Å². The summed E-state index contributed by atoms with van der Waals surface area (Å²) in [4.78, 5) is 25.5. The summed E-state index contributed by atoms with van der Waals surface area (Å²) in [6.45, 7) is 8.48. The van der Waals surface area contributed by atoms with Crippen LogP contribution in [0, 0.1) is 0 Å². The second kappa shape index (κ2) is 7.55. The Hall–Kier alpha value is -1.95. The van der Waals surface area contributed by atoms with Crippen molar-refractivity contribution in [2.24, 2.45) is 0 Å². The van der Waals surface area contributed by atoms with Crippen molar-refractivity contribution in [2.45, 2.75) is 33.8 Å². The Morgan fingerprint density at radius 1 is 1.22 bits per heavy atom. The van der Waals surface area contributed by atoms with Crippen LogP contribution in [0.2, 0.25) is 0 Å². The molecule has 0 atom stereocenters. The second-order valence-electron chi connectivity index (χ2n) is 5.23. The van der Waals surface area contributed by atoms with E-state index in [-0.39, 0.29) is 17.3 Å². The van der Waals surface area contributed by atoms with Crippen molar-refractivity contribution in [2.75, 3.05) is 13.2 Å². The van der Waals surface area contributed by atoms with Crippen LogP contribution in [-0.2, 0) is 4.79 Å². The van der Waals surface area contributed by atoms with Crippen LogP contribution in [0.3, 0.4) is 0 Å². The molecule has 0 radical (unpaired) electrons. The molecule has 1 aromatic rings. The first-order valence-electron chi connectivity index (χ1n) is 7.65. The minimum atomic E-state index is -0.247. The summed E-state index contributed by atoms with van der Waals surface area (Å²) in [6.07, 6.45) is 1.75. The van der Waals surface area contributed by atoms with Gasteiger partial charge in [0, 0.05) is 6.54 Å². The van der Waals surface area contributed by atoms with Crippen LogP contribution < -0.4 is 9.47 Å². The van der Waals surface area contributed by atoms with Gasteiger partial charge < -0.3 is 9.47 Å². The van der Waals surface area contributed by atoms with E-state index in [1.807, 2.05) is 39.0 Å². The molecule has 1 saturated heterocycles. The number of carbonyl (C=O) groups is 2. The van der Waals surface area contributed by atoms with E-state index in [0.717, 1.165) is 17.3 Å². The highest BCUT2D eigenvalue weighted by Crippen LogP contribution is 2.34. The fraction of sp³-hybridized carbons (Fsp3) is 0.412. The van der Waals surface area contributed by atoms with Gasteiger partial charge in [0.2, 0.25) is 0 Å². The lowest BCUT2D eigenvalue weighted by molar-refractivity contribution is -0.122. The summed E-state index contributed by atoms with van der Waals surface area (Å²) < 4.78 is 11.3. The summed E-state index contributed by atoms with van der Waals surface area (Å²) in [6, 6.07) is 5.49. The lowest BCUT2D eigenvalue weighted by Crippen LogP contribution is -2.27. The molecule has 0 N–H and O–H groups in total. The van der Waals surface area contributed by atoms with Crippen molar-refractivity contribution in [1.29, 1.82) is 0 Å². The molecule has 0 aromatic heterocycles. The average Bonchev–Trinajstić information content (AvgIpc) is 2.75. The minimum Gasteiger partial charge on any atom is -0.490 e. The molecule has 23 heavy (non-hydrogen) atoms. The average molecular weight is 335 g/mol. The quantitative estimate of drug-likeness (QED) is 0.737. The second-order valence-corrected chi connectivity index (χ2v) is 6.22. The lowest BCUT2D eigenvalue weighted by atomic mass is 10.2. The Labute approximate surface area is 140 Å². The monoisotopic (exact) mass is 335 g/mol. The molecule has 124 valence electrons. The Bertz CT molecular complexity index is 639. The third-order valence-electron chi connectivity index (χ3n) is 3.12. The molecule has 1 heterocycles. The highest BCUT2D eigenvalue weighted by Gasteiger charge is 2.33. The van der Waals surface area contributed by atoms with Crippen molar-refractivity contribution in [3.63, 3.8) is 0 Å². The van der Waals surface area contributed by atoms with Gasteiger partial charge in [-0.1, -0.05) is 6.07 Å². The fourth-order valence-electron chi connectivity index (χ4n) is 2.16. The van der Waals surface area contributed by atoms with Gasteiger partial charge in [-0.05, 0) is 63.2 Å². The standard InChI is InChI=1S/C17H21NO4S/c1-5-18-16(19)15(23-17(18)20)10-12-7-8-13(22-11(3)4)14(9-12)21-6-2/h7-11H,5-6H2,1-4H3/b15-10+. The van der Waals surface area contributed by atoms with Gasteiger partial charge in [0.15, 0.2) is 11.5 Å². The first kappa shape index (κ1) is 17.4. The largest absolute Gasteiger partial charge is 0.490 e. The van der Waals surface area contributed by atoms with Crippen LogP contribution in [0.15, 0.2) is 23.1 Å². The maximum Gasteiger partial charge on any atom is 0.293 e. The van der Waals surface area contributed by atoms with E-state index < -0.39 is 0 Å². The van der Waals surface area contributed by atoms with Crippen LogP contribution >= 0.6 is 11.8 Å². The summed E-state index contributed by atoms with van der Waals surface area (Å²) in [5, 5.41) is -0.228. The number of benzene rings is 1. The van der Waals surface area contributed by atoms with Crippen molar-refractivity contribution in [1.82, 2.24) is 4.90 Å². The van der Waals surface area contributed by atoms with Crippen molar-refractivity contribution in [3.8, 4) is 11.5 Å². The number of hydrogen-bond acceptors (Lipinski definition) is 5. The minimum absolute atomic E-state index is 0.0427. The molecule has 0 unspecified atom stereocenters. The summed E-state index contributed by atoms with van der Waals surface area (Å²) in [5.74, 6) is 1.05. The number of likely N-dealkylation sites (N-methyl/N-ethyl adjacent to an activating group) is 1. The number of rotatable bonds is 6. The Balaban J connectivity index is 2.30. The first-order chi connectivity index (χ1) is 11.0. The lowest BCUT2D eigenvalue weighted by Gasteiger charge is -2.15. The van der Waals surface area contributed by atoms with Crippen LogP contribution in [0.5, 0.6) is 11.5 Å². The predicted molar refractivity (Wildman–Crippen MR) is 91.7 cm³/mol. The van der Waals surface area contributed by atoms with E-state index in [9.17, 15) is 9.59 Å². The van der Waals surface area contributed by atoms with E-state index in [1.54, 1.807) is 13.0 Å². The molecule has 0 spiro atoms. The third kappa shape index (κ3) is 4.07. The van der Waals surface area contributed by atoms with Gasteiger partial charge in [-0.2, -0.15) is 0 Å². The zero-order chi connectivity index (χ0) is 17.0.